The van der Waals surface area contributed by atoms with E-state index in [-0.39, 0.29) is 10.8 Å². The van der Waals surface area contributed by atoms with Gasteiger partial charge < -0.3 is 5.32 Å². The van der Waals surface area contributed by atoms with E-state index in [9.17, 15) is 8.42 Å². The van der Waals surface area contributed by atoms with E-state index in [0.717, 1.165) is 44.8 Å². The molecule has 0 amide bonds. The summed E-state index contributed by atoms with van der Waals surface area (Å²) in [5.41, 5.74) is 0.139. The standard InChI is InChI=1S/C14H30N2O2S2/c1-5-7-15-11-14(3,6-2)12-16-8-9-19-10-13(16)20(4,17)18/h13,15H,5-12H2,1-4H3. The molecule has 120 valence electrons. The lowest BCUT2D eigenvalue weighted by molar-refractivity contribution is 0.152. The van der Waals surface area contributed by atoms with Crippen molar-refractivity contribution in [1.29, 1.82) is 0 Å². The largest absolute Gasteiger partial charge is 0.316 e. The Balaban J connectivity index is 2.70. The Bertz CT molecular complexity index is 387. The maximum absolute atomic E-state index is 12.0. The summed E-state index contributed by atoms with van der Waals surface area (Å²) in [7, 11) is -3.00. The molecule has 0 aromatic carbocycles. The van der Waals surface area contributed by atoms with Gasteiger partial charge in [-0.15, -0.1) is 0 Å². The van der Waals surface area contributed by atoms with Gasteiger partial charge in [0.05, 0.1) is 0 Å². The van der Waals surface area contributed by atoms with Crippen molar-refractivity contribution in [2.75, 3.05) is 43.9 Å². The summed E-state index contributed by atoms with van der Waals surface area (Å²) in [6, 6.07) is 0. The van der Waals surface area contributed by atoms with Crippen molar-refractivity contribution in [3.8, 4) is 0 Å². The Kier molecular flexibility index (Phi) is 7.32. The second-order valence-electron chi connectivity index (χ2n) is 6.17. The monoisotopic (exact) mass is 322 g/mol. The van der Waals surface area contributed by atoms with Gasteiger partial charge in [0.15, 0.2) is 9.84 Å². The van der Waals surface area contributed by atoms with Crippen LogP contribution in [0, 0.1) is 5.41 Å². The zero-order valence-electron chi connectivity index (χ0n) is 13.3. The van der Waals surface area contributed by atoms with Crippen LogP contribution in [0.1, 0.15) is 33.6 Å². The molecule has 1 saturated heterocycles. The topological polar surface area (TPSA) is 49.4 Å². The van der Waals surface area contributed by atoms with Crippen LogP contribution in [-0.4, -0.2) is 62.6 Å². The van der Waals surface area contributed by atoms with Gasteiger partial charge in [0.2, 0.25) is 0 Å². The lowest BCUT2D eigenvalue weighted by Crippen LogP contribution is -2.52. The van der Waals surface area contributed by atoms with Crippen LogP contribution in [0.5, 0.6) is 0 Å². The fourth-order valence-electron chi connectivity index (χ4n) is 2.54. The van der Waals surface area contributed by atoms with Gasteiger partial charge in [0.1, 0.15) is 5.37 Å². The molecule has 2 atom stereocenters. The Morgan fingerprint density at radius 1 is 1.40 bits per heavy atom. The maximum Gasteiger partial charge on any atom is 0.164 e. The maximum atomic E-state index is 12.0. The first kappa shape index (κ1) is 18.3. The van der Waals surface area contributed by atoms with E-state index in [1.807, 2.05) is 0 Å². The minimum Gasteiger partial charge on any atom is -0.316 e. The van der Waals surface area contributed by atoms with Crippen molar-refractivity contribution in [2.24, 2.45) is 5.41 Å². The third-order valence-electron chi connectivity index (χ3n) is 4.10. The third kappa shape index (κ3) is 5.54. The molecule has 0 saturated carbocycles. The normalized spacial score (nSPS) is 24.5. The average Bonchev–Trinajstić information content (AvgIpc) is 2.38. The van der Waals surface area contributed by atoms with E-state index in [0.29, 0.717) is 5.75 Å². The summed E-state index contributed by atoms with van der Waals surface area (Å²) in [5.74, 6) is 1.75. The van der Waals surface area contributed by atoms with Crippen LogP contribution in [0.4, 0.5) is 0 Å². The second-order valence-corrected chi connectivity index (χ2v) is 9.52. The molecule has 0 radical (unpaired) electrons. The van der Waals surface area contributed by atoms with E-state index in [2.05, 4.69) is 31.0 Å². The number of hydrogen-bond donors (Lipinski definition) is 1. The van der Waals surface area contributed by atoms with Gasteiger partial charge in [-0.2, -0.15) is 11.8 Å². The Morgan fingerprint density at radius 3 is 2.65 bits per heavy atom. The molecule has 1 heterocycles. The van der Waals surface area contributed by atoms with Crippen LogP contribution >= 0.6 is 11.8 Å². The van der Waals surface area contributed by atoms with E-state index in [1.165, 1.54) is 6.26 Å². The molecular formula is C14H30N2O2S2. The zero-order valence-corrected chi connectivity index (χ0v) is 14.9. The van der Waals surface area contributed by atoms with Crippen molar-refractivity contribution in [3.63, 3.8) is 0 Å². The summed E-state index contributed by atoms with van der Waals surface area (Å²) in [5, 5.41) is 3.18. The van der Waals surface area contributed by atoms with Crippen LogP contribution in [0.3, 0.4) is 0 Å². The van der Waals surface area contributed by atoms with Crippen molar-refractivity contribution in [1.82, 2.24) is 10.2 Å². The number of nitrogens with one attached hydrogen (secondary N) is 1. The molecule has 4 nitrogen and oxygen atoms in total. The van der Waals surface area contributed by atoms with Crippen LogP contribution in [0.15, 0.2) is 0 Å². The van der Waals surface area contributed by atoms with Gasteiger partial charge in [-0.25, -0.2) is 8.42 Å². The molecule has 0 aromatic heterocycles. The van der Waals surface area contributed by atoms with Crippen LogP contribution in [-0.2, 0) is 9.84 Å². The predicted octanol–water partition coefficient (Wildman–Crippen LogP) is 1.82. The Hall–Kier alpha value is 0.220. The van der Waals surface area contributed by atoms with E-state index < -0.39 is 9.84 Å². The molecule has 2 unspecified atom stereocenters. The minimum absolute atomic E-state index is 0.139. The number of sulfone groups is 1. The fraction of sp³-hybridized carbons (Fsp3) is 1.00. The molecule has 0 spiro atoms. The second kappa shape index (κ2) is 8.01. The highest BCUT2D eigenvalue weighted by atomic mass is 32.2. The highest BCUT2D eigenvalue weighted by Crippen LogP contribution is 2.27. The summed E-state index contributed by atoms with van der Waals surface area (Å²) in [4.78, 5) is 2.18. The number of thioether (sulfide) groups is 1. The SMILES string of the molecule is CCCNCC(C)(CC)CN1CCSCC1S(C)(=O)=O. The molecule has 1 fully saturated rings. The van der Waals surface area contributed by atoms with Gasteiger partial charge in [-0.3, -0.25) is 4.90 Å². The molecule has 1 rings (SSSR count). The van der Waals surface area contributed by atoms with Gasteiger partial charge in [0, 0.05) is 37.4 Å². The number of rotatable bonds is 8. The van der Waals surface area contributed by atoms with Gasteiger partial charge in [-0.05, 0) is 24.8 Å². The predicted molar refractivity (Wildman–Crippen MR) is 89.1 cm³/mol. The molecule has 0 aromatic rings. The number of hydrogen-bond acceptors (Lipinski definition) is 5. The first-order chi connectivity index (χ1) is 9.32. The van der Waals surface area contributed by atoms with E-state index >= 15 is 0 Å². The fourth-order valence-corrected chi connectivity index (χ4v) is 5.48. The first-order valence-corrected chi connectivity index (χ1v) is 10.6. The molecule has 1 aliphatic heterocycles. The van der Waals surface area contributed by atoms with Gasteiger partial charge in [-0.1, -0.05) is 20.8 Å². The van der Waals surface area contributed by atoms with E-state index in [4.69, 9.17) is 0 Å². The summed E-state index contributed by atoms with van der Waals surface area (Å²) < 4.78 is 23.9. The molecule has 1 N–H and O–H groups in total. The highest BCUT2D eigenvalue weighted by Gasteiger charge is 2.35. The van der Waals surface area contributed by atoms with Crippen molar-refractivity contribution in [3.05, 3.63) is 0 Å². The first-order valence-electron chi connectivity index (χ1n) is 7.54. The summed E-state index contributed by atoms with van der Waals surface area (Å²) >= 11 is 1.75. The van der Waals surface area contributed by atoms with Gasteiger partial charge >= 0.3 is 0 Å². The summed E-state index contributed by atoms with van der Waals surface area (Å²) in [6.07, 6.45) is 3.56. The van der Waals surface area contributed by atoms with Crippen LogP contribution in [0.2, 0.25) is 0 Å². The molecule has 6 heteroatoms. The minimum atomic E-state index is -3.00. The zero-order chi connectivity index (χ0) is 15.2. The van der Waals surface area contributed by atoms with Crippen LogP contribution in [0.25, 0.3) is 0 Å². The molecule has 20 heavy (non-hydrogen) atoms. The van der Waals surface area contributed by atoms with Crippen molar-refractivity contribution >= 4 is 21.6 Å². The van der Waals surface area contributed by atoms with E-state index in [1.54, 1.807) is 11.8 Å². The summed E-state index contributed by atoms with van der Waals surface area (Å²) in [6.45, 7) is 10.3. The molecule has 0 aliphatic carbocycles. The average molecular weight is 323 g/mol. The molecule has 0 bridgehead atoms. The Morgan fingerprint density at radius 2 is 2.10 bits per heavy atom. The Labute approximate surface area is 129 Å². The van der Waals surface area contributed by atoms with Gasteiger partial charge in [0.25, 0.3) is 0 Å². The number of nitrogens with zero attached hydrogens (tertiary/aromatic N) is 1. The molecule has 1 aliphatic rings. The quantitative estimate of drug-likeness (QED) is 0.691. The van der Waals surface area contributed by atoms with Crippen molar-refractivity contribution in [2.45, 2.75) is 39.0 Å². The highest BCUT2D eigenvalue weighted by molar-refractivity contribution is 8.00. The molecular weight excluding hydrogens is 292 g/mol. The van der Waals surface area contributed by atoms with Crippen molar-refractivity contribution < 1.29 is 8.42 Å². The lowest BCUT2D eigenvalue weighted by atomic mass is 9.86. The lowest BCUT2D eigenvalue weighted by Gasteiger charge is -2.40. The third-order valence-corrected chi connectivity index (χ3v) is 6.79. The van der Waals surface area contributed by atoms with Crippen LogP contribution < -0.4 is 5.32 Å². The smallest absolute Gasteiger partial charge is 0.164 e.